The Hall–Kier alpha value is -2.38. The fraction of sp³-hybridized carbons (Fsp3) is 0.474. The smallest absolute Gasteiger partial charge is 0.406 e. The number of hydrogen-bond donors (Lipinski definition) is 0. The van der Waals surface area contributed by atoms with Gasteiger partial charge in [0.1, 0.15) is 5.75 Å². The first kappa shape index (κ1) is 22.8. The minimum Gasteiger partial charge on any atom is -0.406 e. The van der Waals surface area contributed by atoms with Gasteiger partial charge < -0.3 is 9.64 Å². The number of aromatic nitrogens is 3. The maximum Gasteiger partial charge on any atom is 0.573 e. The van der Waals surface area contributed by atoms with E-state index < -0.39 is 16.4 Å². The van der Waals surface area contributed by atoms with E-state index >= 15 is 0 Å². The van der Waals surface area contributed by atoms with Crippen molar-refractivity contribution >= 4 is 31.5 Å². The molecule has 0 radical (unpaired) electrons. The summed E-state index contributed by atoms with van der Waals surface area (Å²) in [6.07, 6.45) is -1.69. The van der Waals surface area contributed by atoms with Gasteiger partial charge >= 0.3 is 6.36 Å². The average molecular weight is 490 g/mol. The van der Waals surface area contributed by atoms with Crippen LogP contribution in [0.15, 0.2) is 30.5 Å². The van der Waals surface area contributed by atoms with E-state index in [1.165, 1.54) is 33.8 Å². The Morgan fingerprint density at radius 2 is 2.00 bits per heavy atom. The van der Waals surface area contributed by atoms with Gasteiger partial charge in [0, 0.05) is 31.7 Å². The van der Waals surface area contributed by atoms with Crippen LogP contribution in [0.25, 0.3) is 16.2 Å². The van der Waals surface area contributed by atoms with Gasteiger partial charge in [-0.05, 0) is 31.9 Å². The van der Waals surface area contributed by atoms with Crippen LogP contribution >= 0.6 is 11.3 Å². The zero-order chi connectivity index (χ0) is 23.1. The van der Waals surface area contributed by atoms with Gasteiger partial charge in [-0.1, -0.05) is 23.5 Å². The summed E-state index contributed by atoms with van der Waals surface area (Å²) in [6.45, 7) is 2.61. The fourth-order valence-electron chi connectivity index (χ4n) is 3.67. The molecule has 0 saturated carbocycles. The van der Waals surface area contributed by atoms with Crippen LogP contribution in [0.5, 0.6) is 5.75 Å². The van der Waals surface area contributed by atoms with Gasteiger partial charge in [0.05, 0.1) is 17.6 Å². The number of piperidine rings is 1. The minimum absolute atomic E-state index is 0.102. The molecule has 2 aromatic heterocycles. The summed E-state index contributed by atoms with van der Waals surface area (Å²) in [4.78, 5) is 7.13. The molecule has 0 atom stereocenters. The molecule has 1 aliphatic heterocycles. The van der Waals surface area contributed by atoms with Crippen molar-refractivity contribution in [3.63, 3.8) is 0 Å². The van der Waals surface area contributed by atoms with Crippen LogP contribution in [0.4, 0.5) is 18.3 Å². The predicted molar refractivity (Wildman–Crippen MR) is 115 cm³/mol. The van der Waals surface area contributed by atoms with Gasteiger partial charge in [0.15, 0.2) is 0 Å². The van der Waals surface area contributed by atoms with Crippen LogP contribution in [0.2, 0.25) is 0 Å². The standard InChI is InChI=1S/C19H22F3N5O3S2/c1-3-32(28,29)26-9-7-14(8-10-26)25(2)18-24-27-12-16(23-17(27)31-18)13-5-4-6-15(11-13)30-19(20,21)22/h4-6,11-12,14H,3,7-10H2,1-2H3. The molecule has 1 aromatic carbocycles. The average Bonchev–Trinajstić information content (AvgIpc) is 3.32. The second-order valence-electron chi connectivity index (χ2n) is 7.46. The molecular formula is C19H22F3N5O3S2. The number of rotatable bonds is 6. The molecule has 0 bridgehead atoms. The van der Waals surface area contributed by atoms with Crippen LogP contribution in [0, 0.1) is 0 Å². The highest BCUT2D eigenvalue weighted by molar-refractivity contribution is 7.89. The van der Waals surface area contributed by atoms with E-state index in [1.54, 1.807) is 23.7 Å². The summed E-state index contributed by atoms with van der Waals surface area (Å²) in [5.74, 6) is -0.207. The van der Waals surface area contributed by atoms with Crippen molar-refractivity contribution in [3.8, 4) is 17.0 Å². The molecule has 0 unspecified atom stereocenters. The maximum atomic E-state index is 12.5. The molecule has 1 fully saturated rings. The SMILES string of the molecule is CCS(=O)(=O)N1CCC(N(C)c2nn3cc(-c4cccc(OC(F)(F)F)c4)nc3s2)CC1. The Kier molecular flexibility index (Phi) is 6.07. The third-order valence-corrected chi connectivity index (χ3v) is 8.32. The number of alkyl halides is 3. The molecule has 174 valence electrons. The molecule has 4 rings (SSSR count). The van der Waals surface area contributed by atoms with Crippen molar-refractivity contribution in [1.82, 2.24) is 18.9 Å². The number of imidazole rings is 1. The van der Waals surface area contributed by atoms with Gasteiger partial charge in [-0.3, -0.25) is 0 Å². The Morgan fingerprint density at radius 3 is 2.62 bits per heavy atom. The molecule has 8 nitrogen and oxygen atoms in total. The van der Waals surface area contributed by atoms with E-state index in [0.717, 1.165) is 5.13 Å². The molecule has 13 heteroatoms. The third kappa shape index (κ3) is 4.84. The van der Waals surface area contributed by atoms with Crippen molar-refractivity contribution in [2.75, 3.05) is 30.8 Å². The number of nitrogens with zero attached hydrogens (tertiary/aromatic N) is 5. The lowest BCUT2D eigenvalue weighted by atomic mass is 10.1. The molecule has 32 heavy (non-hydrogen) atoms. The molecule has 0 aliphatic carbocycles. The van der Waals surface area contributed by atoms with Crippen molar-refractivity contribution in [3.05, 3.63) is 30.5 Å². The van der Waals surface area contributed by atoms with Crippen LogP contribution in [0.1, 0.15) is 19.8 Å². The summed E-state index contributed by atoms with van der Waals surface area (Å²) < 4.78 is 68.6. The highest BCUT2D eigenvalue weighted by atomic mass is 32.2. The normalized spacial score (nSPS) is 16.5. The van der Waals surface area contributed by atoms with E-state index in [-0.39, 0.29) is 17.5 Å². The van der Waals surface area contributed by atoms with Crippen molar-refractivity contribution in [1.29, 1.82) is 0 Å². The Bertz CT molecular complexity index is 1170. The number of fused-ring (bicyclic) bond motifs is 1. The van der Waals surface area contributed by atoms with Crippen LogP contribution in [-0.2, 0) is 10.0 Å². The van der Waals surface area contributed by atoms with Gasteiger partial charge in [-0.15, -0.1) is 18.3 Å². The van der Waals surface area contributed by atoms with Crippen LogP contribution < -0.4 is 9.64 Å². The molecular weight excluding hydrogens is 467 g/mol. The Balaban J connectivity index is 1.47. The number of anilines is 1. The highest BCUT2D eigenvalue weighted by Crippen LogP contribution is 2.31. The van der Waals surface area contributed by atoms with Crippen LogP contribution in [-0.4, -0.2) is 65.6 Å². The topological polar surface area (TPSA) is 80.0 Å². The second kappa shape index (κ2) is 8.52. The third-order valence-electron chi connectivity index (χ3n) is 5.43. The molecule has 1 aliphatic rings. The lowest BCUT2D eigenvalue weighted by Gasteiger charge is -2.35. The van der Waals surface area contributed by atoms with E-state index in [0.29, 0.717) is 42.1 Å². The second-order valence-corrected chi connectivity index (χ2v) is 10.6. The zero-order valence-corrected chi connectivity index (χ0v) is 19.0. The largest absolute Gasteiger partial charge is 0.573 e. The quantitative estimate of drug-likeness (QED) is 0.526. The van der Waals surface area contributed by atoms with E-state index in [4.69, 9.17) is 0 Å². The Labute approximate surface area is 187 Å². The summed E-state index contributed by atoms with van der Waals surface area (Å²) >= 11 is 1.36. The van der Waals surface area contributed by atoms with E-state index in [1.807, 2.05) is 11.9 Å². The molecule has 1 saturated heterocycles. The first-order valence-corrected chi connectivity index (χ1v) is 12.4. The first-order valence-electron chi connectivity index (χ1n) is 9.99. The van der Waals surface area contributed by atoms with Gasteiger partial charge in [-0.25, -0.2) is 22.2 Å². The zero-order valence-electron chi connectivity index (χ0n) is 17.4. The van der Waals surface area contributed by atoms with Crippen molar-refractivity contribution in [2.24, 2.45) is 0 Å². The highest BCUT2D eigenvalue weighted by Gasteiger charge is 2.31. The molecule has 0 amide bonds. The van der Waals surface area contributed by atoms with Gasteiger partial charge in [0.2, 0.25) is 20.1 Å². The number of sulfonamides is 1. The number of halogens is 3. The maximum absolute atomic E-state index is 12.5. The number of ether oxygens (including phenoxy) is 1. The summed E-state index contributed by atoms with van der Waals surface area (Å²) in [5.41, 5.74) is 0.979. The predicted octanol–water partition coefficient (Wildman–Crippen LogP) is 3.61. The molecule has 0 spiro atoms. The summed E-state index contributed by atoms with van der Waals surface area (Å²) in [6, 6.07) is 5.80. The Morgan fingerprint density at radius 1 is 1.28 bits per heavy atom. The summed E-state index contributed by atoms with van der Waals surface area (Å²) in [7, 11) is -1.25. The van der Waals surface area contributed by atoms with Gasteiger partial charge in [0.25, 0.3) is 0 Å². The number of hydrogen-bond acceptors (Lipinski definition) is 7. The first-order chi connectivity index (χ1) is 15.1. The van der Waals surface area contributed by atoms with Gasteiger partial charge in [-0.2, -0.15) is 0 Å². The molecule has 3 aromatic rings. The fourth-order valence-corrected chi connectivity index (χ4v) is 5.72. The molecule has 3 heterocycles. The summed E-state index contributed by atoms with van der Waals surface area (Å²) in [5, 5.41) is 5.30. The van der Waals surface area contributed by atoms with Crippen molar-refractivity contribution < 1.29 is 26.3 Å². The number of benzene rings is 1. The lowest BCUT2D eigenvalue weighted by molar-refractivity contribution is -0.274. The van der Waals surface area contributed by atoms with Crippen LogP contribution in [0.3, 0.4) is 0 Å². The monoisotopic (exact) mass is 489 g/mol. The van der Waals surface area contributed by atoms with E-state index in [2.05, 4.69) is 14.8 Å². The minimum atomic E-state index is -4.76. The van der Waals surface area contributed by atoms with Crippen molar-refractivity contribution in [2.45, 2.75) is 32.2 Å². The molecule has 0 N–H and O–H groups in total. The lowest BCUT2D eigenvalue weighted by Crippen LogP contribution is -2.46. The van der Waals surface area contributed by atoms with E-state index in [9.17, 15) is 21.6 Å².